The lowest BCUT2D eigenvalue weighted by Gasteiger charge is -2.54. The van der Waals surface area contributed by atoms with Gasteiger partial charge in [0, 0.05) is 24.1 Å². The Morgan fingerprint density at radius 1 is 1.17 bits per heavy atom. The molecule has 2 aliphatic carbocycles. The number of nitriles is 1. The Kier molecular flexibility index (Phi) is 5.08. The lowest BCUT2D eigenvalue weighted by molar-refractivity contribution is -0.138. The van der Waals surface area contributed by atoms with Crippen LogP contribution in [0.3, 0.4) is 0 Å². The number of carbonyl (C=O) groups excluding carboxylic acids is 1. The minimum Gasteiger partial charge on any atom is -0.490 e. The van der Waals surface area contributed by atoms with Gasteiger partial charge in [0.1, 0.15) is 23.5 Å². The first-order valence-electron chi connectivity index (χ1n) is 11.8. The zero-order chi connectivity index (χ0) is 25.3. The second kappa shape index (κ2) is 7.88. The summed E-state index contributed by atoms with van der Waals surface area (Å²) in [5, 5.41) is 12.6. The molecule has 0 unspecified atom stereocenters. The molecule has 1 aromatic heterocycles. The molecule has 3 heterocycles. The van der Waals surface area contributed by atoms with E-state index >= 15 is 0 Å². The number of carbonyl (C=O) groups is 1. The maximum atomic E-state index is 13.6. The van der Waals surface area contributed by atoms with E-state index in [1.807, 2.05) is 24.3 Å². The summed E-state index contributed by atoms with van der Waals surface area (Å²) in [7, 11) is 0. The molecule has 2 saturated heterocycles. The molecule has 36 heavy (non-hydrogen) atoms. The van der Waals surface area contributed by atoms with E-state index in [1.165, 1.54) is 12.5 Å². The van der Waals surface area contributed by atoms with E-state index in [0.717, 1.165) is 48.7 Å². The predicted octanol–water partition coefficient (Wildman–Crippen LogP) is 4.31. The number of nitrogens with zero attached hydrogens (tertiary/aromatic N) is 4. The molecule has 0 radical (unpaired) electrons. The number of halogens is 3. The fraction of sp³-hybridized carbons (Fsp3) is 0.440. The van der Waals surface area contributed by atoms with Crippen LogP contribution in [-0.2, 0) is 11.0 Å². The van der Waals surface area contributed by atoms with Gasteiger partial charge in [-0.1, -0.05) is 0 Å². The van der Waals surface area contributed by atoms with E-state index < -0.39 is 23.0 Å². The van der Waals surface area contributed by atoms with Crippen molar-refractivity contribution in [3.05, 3.63) is 47.8 Å². The minimum absolute atomic E-state index is 0.0880. The second-order valence-electron chi connectivity index (χ2n) is 9.94. The number of ether oxygens (including phenoxy) is 1. The zero-order valence-electron chi connectivity index (χ0n) is 19.1. The van der Waals surface area contributed by atoms with Gasteiger partial charge in [-0.3, -0.25) is 9.69 Å². The van der Waals surface area contributed by atoms with Crippen molar-refractivity contribution in [2.75, 3.05) is 16.3 Å². The van der Waals surface area contributed by atoms with Gasteiger partial charge >= 0.3 is 6.18 Å². The van der Waals surface area contributed by atoms with E-state index in [4.69, 9.17) is 22.2 Å². The maximum absolute atomic E-state index is 13.6. The molecule has 186 valence electrons. The van der Waals surface area contributed by atoms with Crippen LogP contribution in [0.5, 0.6) is 5.75 Å². The molecule has 1 amide bonds. The molecule has 2 aromatic rings. The molecule has 6 rings (SSSR count). The standard InChI is InChI=1S/C25H22F3N5O2S/c26-25(27,28)19-10-16(14-30-20(19)13-29)32-21(34)24(6-1-7-24)33(22(32)36)15-2-4-17(5-3-15)35-18-11-23(12-18)8-9-31-23/h2-5,10,14,18,31H,1,6-9,11-12H2. The molecule has 2 spiro atoms. The Labute approximate surface area is 210 Å². The van der Waals surface area contributed by atoms with Gasteiger partial charge in [-0.25, -0.2) is 4.98 Å². The molecule has 4 aliphatic rings. The summed E-state index contributed by atoms with van der Waals surface area (Å²) in [6.07, 6.45) is 1.48. The third-order valence-electron chi connectivity index (χ3n) is 7.87. The van der Waals surface area contributed by atoms with Gasteiger partial charge in [-0.2, -0.15) is 18.4 Å². The number of hydrogen-bond donors (Lipinski definition) is 1. The summed E-state index contributed by atoms with van der Waals surface area (Å²) < 4.78 is 46.7. The lowest BCUT2D eigenvalue weighted by Crippen LogP contribution is -2.67. The van der Waals surface area contributed by atoms with Crippen LogP contribution in [0.2, 0.25) is 0 Å². The first kappa shape index (κ1) is 23.2. The summed E-state index contributed by atoms with van der Waals surface area (Å²) in [5.74, 6) is 0.339. The van der Waals surface area contributed by atoms with Gasteiger partial charge in [-0.05, 0) is 74.8 Å². The highest BCUT2D eigenvalue weighted by Crippen LogP contribution is 2.48. The Morgan fingerprint density at radius 2 is 1.86 bits per heavy atom. The van der Waals surface area contributed by atoms with E-state index in [2.05, 4.69) is 10.3 Å². The first-order valence-corrected chi connectivity index (χ1v) is 12.2. The van der Waals surface area contributed by atoms with Gasteiger partial charge in [0.05, 0.1) is 17.4 Å². The monoisotopic (exact) mass is 513 g/mol. The Hall–Kier alpha value is -3.23. The van der Waals surface area contributed by atoms with Crippen LogP contribution in [-0.4, -0.2) is 39.7 Å². The van der Waals surface area contributed by atoms with Crippen molar-refractivity contribution < 1.29 is 22.7 Å². The van der Waals surface area contributed by atoms with Crippen LogP contribution in [0.15, 0.2) is 36.5 Å². The highest BCUT2D eigenvalue weighted by Gasteiger charge is 2.60. The highest BCUT2D eigenvalue weighted by molar-refractivity contribution is 7.81. The van der Waals surface area contributed by atoms with Gasteiger partial charge in [-0.15, -0.1) is 0 Å². The molecule has 11 heteroatoms. The van der Waals surface area contributed by atoms with Crippen molar-refractivity contribution in [3.8, 4) is 11.8 Å². The predicted molar refractivity (Wildman–Crippen MR) is 129 cm³/mol. The van der Waals surface area contributed by atoms with Crippen molar-refractivity contribution in [1.82, 2.24) is 10.3 Å². The molecule has 7 nitrogen and oxygen atoms in total. The van der Waals surface area contributed by atoms with Crippen molar-refractivity contribution >= 4 is 34.6 Å². The van der Waals surface area contributed by atoms with Gasteiger partial charge in [0.15, 0.2) is 10.8 Å². The summed E-state index contributed by atoms with van der Waals surface area (Å²) in [6.45, 7) is 1.06. The van der Waals surface area contributed by atoms with E-state index in [9.17, 15) is 18.0 Å². The zero-order valence-corrected chi connectivity index (χ0v) is 20.0. The van der Waals surface area contributed by atoms with Crippen LogP contribution >= 0.6 is 12.2 Å². The van der Waals surface area contributed by atoms with Crippen LogP contribution in [0, 0.1) is 11.3 Å². The number of nitrogens with one attached hydrogen (secondary N) is 1. The number of thiocarbonyl (C=S) groups is 1. The van der Waals surface area contributed by atoms with Crippen molar-refractivity contribution in [2.45, 2.75) is 61.9 Å². The fourth-order valence-electron chi connectivity index (χ4n) is 5.68. The Balaban J connectivity index is 1.27. The number of amides is 1. The summed E-state index contributed by atoms with van der Waals surface area (Å²) >= 11 is 5.64. The Morgan fingerprint density at radius 3 is 2.39 bits per heavy atom. The van der Waals surface area contributed by atoms with E-state index in [0.29, 0.717) is 18.5 Å². The Bertz CT molecular complexity index is 1290. The summed E-state index contributed by atoms with van der Waals surface area (Å²) in [6, 6.07) is 9.55. The number of benzene rings is 1. The lowest BCUT2D eigenvalue weighted by atomic mass is 9.68. The number of anilines is 2. The second-order valence-corrected chi connectivity index (χ2v) is 10.3. The molecular weight excluding hydrogens is 491 g/mol. The van der Waals surface area contributed by atoms with Crippen LogP contribution in [0.1, 0.15) is 49.8 Å². The maximum Gasteiger partial charge on any atom is 0.419 e. The quantitative estimate of drug-likeness (QED) is 0.611. The number of pyridine rings is 1. The van der Waals surface area contributed by atoms with E-state index in [1.54, 1.807) is 4.90 Å². The third-order valence-corrected chi connectivity index (χ3v) is 8.24. The largest absolute Gasteiger partial charge is 0.490 e. The highest BCUT2D eigenvalue weighted by atomic mass is 32.1. The van der Waals surface area contributed by atoms with Crippen molar-refractivity contribution in [3.63, 3.8) is 0 Å². The van der Waals surface area contributed by atoms with Crippen LogP contribution in [0.25, 0.3) is 0 Å². The molecule has 4 fully saturated rings. The molecular formula is C25H22F3N5O2S. The van der Waals surface area contributed by atoms with Gasteiger partial charge in [0.25, 0.3) is 5.91 Å². The minimum atomic E-state index is -4.79. The average molecular weight is 514 g/mol. The van der Waals surface area contributed by atoms with Crippen molar-refractivity contribution in [1.29, 1.82) is 5.26 Å². The van der Waals surface area contributed by atoms with Crippen LogP contribution in [0.4, 0.5) is 24.5 Å². The van der Waals surface area contributed by atoms with Gasteiger partial charge < -0.3 is 15.0 Å². The number of aromatic nitrogens is 1. The molecule has 2 saturated carbocycles. The summed E-state index contributed by atoms with van der Waals surface area (Å²) in [4.78, 5) is 20.1. The first-order chi connectivity index (χ1) is 17.2. The number of rotatable bonds is 4. The van der Waals surface area contributed by atoms with Gasteiger partial charge in [0.2, 0.25) is 0 Å². The summed E-state index contributed by atoms with van der Waals surface area (Å²) in [5.41, 5.74) is -2.06. The molecule has 2 aliphatic heterocycles. The SMILES string of the molecule is N#Cc1ncc(N2C(=O)C3(CCC3)N(c3ccc(OC4CC5(CCN5)C4)cc3)C2=S)cc1C(F)(F)F. The topological polar surface area (TPSA) is 81.5 Å². The molecule has 0 atom stereocenters. The van der Waals surface area contributed by atoms with E-state index in [-0.39, 0.29) is 28.3 Å². The van der Waals surface area contributed by atoms with Crippen LogP contribution < -0.4 is 19.9 Å². The number of alkyl halides is 3. The smallest absolute Gasteiger partial charge is 0.419 e. The molecule has 1 N–H and O–H groups in total. The normalized spacial score (nSPS) is 26.4. The fourth-order valence-corrected chi connectivity index (χ4v) is 6.15. The number of hydrogen-bond acceptors (Lipinski definition) is 6. The average Bonchev–Trinajstić information content (AvgIpc) is 3.01. The third kappa shape index (κ3) is 3.38. The molecule has 0 bridgehead atoms. The molecule has 1 aromatic carbocycles. The van der Waals surface area contributed by atoms with Crippen molar-refractivity contribution in [2.24, 2.45) is 0 Å².